The van der Waals surface area contributed by atoms with E-state index in [2.05, 4.69) is 4.99 Å². The van der Waals surface area contributed by atoms with Crippen molar-refractivity contribution in [2.75, 3.05) is 0 Å². The lowest BCUT2D eigenvalue weighted by Gasteiger charge is -1.90. The van der Waals surface area contributed by atoms with E-state index < -0.39 is 0 Å². The molecular weight excluding hydrogens is 157 g/mol. The highest BCUT2D eigenvalue weighted by Gasteiger charge is 1.88. The third-order valence-corrected chi connectivity index (χ3v) is 1.24. The molecule has 0 spiro atoms. The molecule has 0 unspecified atom stereocenters. The second-order valence-corrected chi connectivity index (χ2v) is 2.09. The van der Waals surface area contributed by atoms with Gasteiger partial charge in [0.2, 0.25) is 6.08 Å². The highest BCUT2D eigenvalue weighted by Crippen LogP contribution is 2.04. The number of carbonyl (C=O) groups excluding carboxylic acids is 1. The number of halogens is 1. The third kappa shape index (κ3) is 2.48. The Labute approximate surface area is 69.1 Å². The maximum atomic E-state index is 12.5. The van der Waals surface area contributed by atoms with Gasteiger partial charge in [-0.1, -0.05) is 12.1 Å². The van der Waals surface area contributed by atoms with Crippen molar-refractivity contribution in [1.29, 1.82) is 0 Å². The summed E-state index contributed by atoms with van der Waals surface area (Å²) in [5.74, 6) is -0.313. The summed E-state index contributed by atoms with van der Waals surface area (Å²) < 4.78 is 12.5. The van der Waals surface area contributed by atoms with Crippen molar-refractivity contribution in [3.8, 4) is 0 Å². The van der Waals surface area contributed by atoms with E-state index in [0.29, 0.717) is 5.56 Å². The number of rotatable bonds is 2. The second-order valence-electron chi connectivity index (χ2n) is 2.09. The molecule has 1 aromatic rings. The highest BCUT2D eigenvalue weighted by molar-refractivity contribution is 5.50. The summed E-state index contributed by atoms with van der Waals surface area (Å²) in [6.45, 7) is 0. The first-order valence-corrected chi connectivity index (χ1v) is 3.32. The molecule has 0 bridgehead atoms. The Morgan fingerprint density at radius 3 is 3.00 bits per heavy atom. The van der Waals surface area contributed by atoms with Crippen LogP contribution in [0.1, 0.15) is 5.56 Å². The number of isocyanates is 1. The van der Waals surface area contributed by atoms with E-state index >= 15 is 0 Å². The van der Waals surface area contributed by atoms with Crippen molar-refractivity contribution in [3.05, 3.63) is 41.8 Å². The van der Waals surface area contributed by atoms with E-state index in [0.717, 1.165) is 0 Å². The predicted molar refractivity (Wildman–Crippen MR) is 43.6 cm³/mol. The first kappa shape index (κ1) is 8.37. The van der Waals surface area contributed by atoms with Crippen LogP contribution in [-0.4, -0.2) is 6.08 Å². The number of hydrogen-bond acceptors (Lipinski definition) is 2. The zero-order chi connectivity index (χ0) is 8.81. The lowest BCUT2D eigenvalue weighted by atomic mass is 10.2. The Hall–Kier alpha value is -1.73. The maximum Gasteiger partial charge on any atom is 0.239 e. The normalized spacial score (nSPS) is 9.75. The minimum atomic E-state index is -0.313. The van der Waals surface area contributed by atoms with Gasteiger partial charge in [0.1, 0.15) is 5.82 Å². The van der Waals surface area contributed by atoms with E-state index in [9.17, 15) is 9.18 Å². The molecule has 1 aromatic carbocycles. The molecule has 0 N–H and O–H groups in total. The van der Waals surface area contributed by atoms with Crippen molar-refractivity contribution in [2.24, 2.45) is 4.99 Å². The van der Waals surface area contributed by atoms with Crippen molar-refractivity contribution in [2.45, 2.75) is 0 Å². The van der Waals surface area contributed by atoms with Crippen LogP contribution >= 0.6 is 0 Å². The summed E-state index contributed by atoms with van der Waals surface area (Å²) in [6, 6.07) is 5.98. The molecule has 0 aromatic heterocycles. The van der Waals surface area contributed by atoms with E-state index in [1.165, 1.54) is 30.5 Å². The number of nitrogens with zero attached hydrogens (tertiary/aromatic N) is 1. The van der Waals surface area contributed by atoms with Gasteiger partial charge < -0.3 is 0 Å². The van der Waals surface area contributed by atoms with E-state index in [4.69, 9.17) is 0 Å². The van der Waals surface area contributed by atoms with Crippen LogP contribution < -0.4 is 0 Å². The Morgan fingerprint density at radius 1 is 1.50 bits per heavy atom. The van der Waals surface area contributed by atoms with Crippen molar-refractivity contribution < 1.29 is 9.18 Å². The summed E-state index contributed by atoms with van der Waals surface area (Å²) in [5.41, 5.74) is 0.661. The molecule has 0 aliphatic heterocycles. The molecule has 0 atom stereocenters. The van der Waals surface area contributed by atoms with Crippen LogP contribution in [0.15, 0.2) is 35.5 Å². The number of benzene rings is 1. The molecule has 3 heteroatoms. The van der Waals surface area contributed by atoms with Crippen LogP contribution in [0.4, 0.5) is 4.39 Å². The molecule has 0 radical (unpaired) electrons. The van der Waals surface area contributed by atoms with Crippen LogP contribution in [0.2, 0.25) is 0 Å². The Balaban J connectivity index is 2.82. The third-order valence-electron chi connectivity index (χ3n) is 1.24. The molecule has 1 rings (SSSR count). The van der Waals surface area contributed by atoms with Crippen LogP contribution in [0.25, 0.3) is 6.08 Å². The minimum absolute atomic E-state index is 0.313. The maximum absolute atomic E-state index is 12.5. The molecule has 2 nitrogen and oxygen atoms in total. The van der Waals surface area contributed by atoms with Crippen molar-refractivity contribution in [1.82, 2.24) is 0 Å². The molecule has 0 heterocycles. The molecule has 0 saturated carbocycles. The largest absolute Gasteiger partial charge is 0.239 e. The molecule has 0 aliphatic rings. The van der Waals surface area contributed by atoms with Gasteiger partial charge in [0.05, 0.1) is 0 Å². The molecule has 0 saturated heterocycles. The van der Waals surface area contributed by atoms with Gasteiger partial charge in [-0.05, 0) is 23.8 Å². The first-order chi connectivity index (χ1) is 5.83. The number of hydrogen-bond donors (Lipinski definition) is 0. The molecule has 12 heavy (non-hydrogen) atoms. The summed E-state index contributed by atoms with van der Waals surface area (Å²) in [6.07, 6.45) is 4.13. The van der Waals surface area contributed by atoms with Gasteiger partial charge in [0.25, 0.3) is 0 Å². The smallest absolute Gasteiger partial charge is 0.211 e. The Morgan fingerprint density at radius 2 is 2.33 bits per heavy atom. The number of aliphatic imine (C=N–C) groups is 1. The minimum Gasteiger partial charge on any atom is -0.211 e. The molecule has 0 amide bonds. The van der Waals surface area contributed by atoms with Crippen LogP contribution in [0.5, 0.6) is 0 Å². The lowest BCUT2D eigenvalue weighted by molar-refractivity contribution is 0.565. The zero-order valence-corrected chi connectivity index (χ0v) is 6.20. The van der Waals surface area contributed by atoms with Gasteiger partial charge in [0.15, 0.2) is 0 Å². The topological polar surface area (TPSA) is 29.4 Å². The second kappa shape index (κ2) is 4.21. The Bertz CT molecular complexity index is 340. The van der Waals surface area contributed by atoms with Crippen molar-refractivity contribution >= 4 is 12.2 Å². The molecule has 0 fully saturated rings. The summed E-state index contributed by atoms with van der Waals surface area (Å²) in [5, 5.41) is 0. The molecule has 0 aliphatic carbocycles. The summed E-state index contributed by atoms with van der Waals surface area (Å²) in [7, 11) is 0. The first-order valence-electron chi connectivity index (χ1n) is 3.32. The van der Waals surface area contributed by atoms with Gasteiger partial charge in [-0.25, -0.2) is 9.18 Å². The zero-order valence-electron chi connectivity index (χ0n) is 6.20. The fourth-order valence-corrected chi connectivity index (χ4v) is 0.764. The fourth-order valence-electron chi connectivity index (χ4n) is 0.764. The van der Waals surface area contributed by atoms with E-state index in [1.54, 1.807) is 12.1 Å². The monoisotopic (exact) mass is 163 g/mol. The molecular formula is C9H6FNO. The highest BCUT2D eigenvalue weighted by atomic mass is 19.1. The lowest BCUT2D eigenvalue weighted by Crippen LogP contribution is -1.74. The molecule has 60 valence electrons. The van der Waals surface area contributed by atoms with E-state index in [1.807, 2.05) is 0 Å². The van der Waals surface area contributed by atoms with Crippen molar-refractivity contribution in [3.63, 3.8) is 0 Å². The van der Waals surface area contributed by atoms with Crippen LogP contribution in [0, 0.1) is 5.82 Å². The SMILES string of the molecule is O=C=N/C=C\c1cccc(F)c1. The van der Waals surface area contributed by atoms with E-state index in [-0.39, 0.29) is 5.82 Å². The van der Waals surface area contributed by atoms with Gasteiger partial charge >= 0.3 is 0 Å². The van der Waals surface area contributed by atoms with Gasteiger partial charge in [-0.2, -0.15) is 4.99 Å². The van der Waals surface area contributed by atoms with Crippen LogP contribution in [0.3, 0.4) is 0 Å². The standard InChI is InChI=1S/C9H6FNO/c10-9-3-1-2-8(6-9)4-5-11-7-12/h1-6H/b5-4-. The summed E-state index contributed by atoms with van der Waals surface area (Å²) >= 11 is 0. The van der Waals surface area contributed by atoms with Gasteiger partial charge in [-0.15, -0.1) is 0 Å². The average Bonchev–Trinajstić information content (AvgIpc) is 2.05. The Kier molecular flexibility index (Phi) is 2.94. The van der Waals surface area contributed by atoms with Gasteiger partial charge in [0, 0.05) is 6.20 Å². The van der Waals surface area contributed by atoms with Gasteiger partial charge in [-0.3, -0.25) is 0 Å². The fraction of sp³-hybridized carbons (Fsp3) is 0. The average molecular weight is 163 g/mol. The van der Waals surface area contributed by atoms with Crippen LogP contribution in [-0.2, 0) is 4.79 Å². The summed E-state index contributed by atoms with van der Waals surface area (Å²) in [4.78, 5) is 12.8. The quantitative estimate of drug-likeness (QED) is 0.485. The predicted octanol–water partition coefficient (Wildman–Crippen LogP) is 2.13.